The van der Waals surface area contributed by atoms with Crippen molar-refractivity contribution in [1.29, 1.82) is 0 Å². The molecule has 0 fully saturated rings. The largest absolute Gasteiger partial charge is 0.495 e. The van der Waals surface area contributed by atoms with Crippen molar-refractivity contribution in [1.82, 2.24) is 15.6 Å². The van der Waals surface area contributed by atoms with Crippen molar-refractivity contribution < 1.29 is 32.2 Å². The maximum absolute atomic E-state index is 12.5. The van der Waals surface area contributed by atoms with Gasteiger partial charge in [0.05, 0.1) is 21.3 Å². The third-order valence-corrected chi connectivity index (χ3v) is 5.72. The van der Waals surface area contributed by atoms with Crippen molar-refractivity contribution in [3.8, 4) is 17.2 Å². The molecule has 31 heavy (non-hydrogen) atoms. The van der Waals surface area contributed by atoms with Crippen molar-refractivity contribution in [2.75, 3.05) is 21.3 Å². The number of hydrazine groups is 1. The second-order valence-corrected chi connectivity index (χ2v) is 8.30. The van der Waals surface area contributed by atoms with E-state index in [4.69, 9.17) is 14.2 Å². The Labute approximate surface area is 180 Å². The van der Waals surface area contributed by atoms with Gasteiger partial charge in [0.15, 0.2) is 11.5 Å². The highest BCUT2D eigenvalue weighted by Crippen LogP contribution is 2.27. The molecule has 0 aliphatic carbocycles. The van der Waals surface area contributed by atoms with Crippen molar-refractivity contribution in [2.24, 2.45) is 0 Å². The molecule has 0 spiro atoms. The van der Waals surface area contributed by atoms with Crippen LogP contribution >= 0.6 is 0 Å². The first-order valence-corrected chi connectivity index (χ1v) is 10.6. The number of hydrogen-bond acceptors (Lipinski definition) is 7. The Morgan fingerprint density at radius 2 is 1.26 bits per heavy atom. The van der Waals surface area contributed by atoms with E-state index >= 15 is 0 Å². The molecule has 0 atom stereocenters. The van der Waals surface area contributed by atoms with E-state index in [1.807, 2.05) is 0 Å². The zero-order valence-corrected chi connectivity index (χ0v) is 18.6. The van der Waals surface area contributed by atoms with Crippen LogP contribution < -0.4 is 29.8 Å². The summed E-state index contributed by atoms with van der Waals surface area (Å²) in [5.74, 6) is -0.428. The van der Waals surface area contributed by atoms with Gasteiger partial charge in [0.2, 0.25) is 10.0 Å². The number of sulfonamides is 1. The minimum atomic E-state index is -3.92. The average Bonchev–Trinajstić information content (AvgIpc) is 2.75. The van der Waals surface area contributed by atoms with Gasteiger partial charge in [-0.05, 0) is 50.2 Å². The number of amides is 2. The molecule has 3 N–H and O–H groups in total. The summed E-state index contributed by atoms with van der Waals surface area (Å²) >= 11 is 0. The SMILES string of the molecule is COc1ccc(C(=O)NNC(=O)c2ccc(OC)c(S(=O)(=O)NC(C)C)c2)cc1OC. The van der Waals surface area contributed by atoms with E-state index in [1.54, 1.807) is 19.9 Å². The number of carbonyl (C=O) groups excluding carboxylic acids is 2. The smallest absolute Gasteiger partial charge is 0.269 e. The van der Waals surface area contributed by atoms with Crippen molar-refractivity contribution in [3.05, 3.63) is 47.5 Å². The second-order valence-electron chi connectivity index (χ2n) is 6.62. The quantitative estimate of drug-likeness (QED) is 0.518. The summed E-state index contributed by atoms with van der Waals surface area (Å²) < 4.78 is 42.9. The highest BCUT2D eigenvalue weighted by Gasteiger charge is 2.22. The van der Waals surface area contributed by atoms with Gasteiger partial charge in [-0.2, -0.15) is 0 Å². The summed E-state index contributed by atoms with van der Waals surface area (Å²) in [7, 11) is 0.317. The van der Waals surface area contributed by atoms with Gasteiger partial charge in [-0.3, -0.25) is 20.4 Å². The Kier molecular flexibility index (Phi) is 7.83. The van der Waals surface area contributed by atoms with Crippen molar-refractivity contribution in [3.63, 3.8) is 0 Å². The second kappa shape index (κ2) is 10.1. The Balaban J connectivity index is 2.19. The van der Waals surface area contributed by atoms with Crippen LogP contribution in [-0.2, 0) is 10.0 Å². The molecule has 0 aromatic heterocycles. The summed E-state index contributed by atoms with van der Waals surface area (Å²) in [6, 6.07) is 8.06. The zero-order valence-electron chi connectivity index (χ0n) is 17.8. The summed E-state index contributed by atoms with van der Waals surface area (Å²) in [5.41, 5.74) is 4.76. The number of carbonyl (C=O) groups is 2. The Bertz CT molecular complexity index is 1070. The molecule has 0 bridgehead atoms. The molecule has 0 unspecified atom stereocenters. The molecular formula is C20H25N3O7S. The van der Waals surface area contributed by atoms with E-state index in [0.717, 1.165) is 0 Å². The number of methoxy groups -OCH3 is 3. The lowest BCUT2D eigenvalue weighted by atomic mass is 10.2. The highest BCUT2D eigenvalue weighted by atomic mass is 32.2. The lowest BCUT2D eigenvalue weighted by Crippen LogP contribution is -2.41. The lowest BCUT2D eigenvalue weighted by molar-refractivity contribution is 0.0846. The van der Waals surface area contributed by atoms with Crippen LogP contribution in [0.2, 0.25) is 0 Å². The van der Waals surface area contributed by atoms with E-state index in [9.17, 15) is 18.0 Å². The first-order valence-electron chi connectivity index (χ1n) is 9.16. The fourth-order valence-electron chi connectivity index (χ4n) is 2.64. The van der Waals surface area contributed by atoms with Crippen LogP contribution in [0.5, 0.6) is 17.2 Å². The highest BCUT2D eigenvalue weighted by molar-refractivity contribution is 7.89. The predicted octanol–water partition coefficient (Wildman–Crippen LogP) is 1.47. The summed E-state index contributed by atoms with van der Waals surface area (Å²) in [6.07, 6.45) is 0. The molecule has 10 nitrogen and oxygen atoms in total. The molecule has 2 rings (SSSR count). The zero-order chi connectivity index (χ0) is 23.2. The topological polar surface area (TPSA) is 132 Å². The minimum Gasteiger partial charge on any atom is -0.495 e. The van der Waals surface area contributed by atoms with Crippen LogP contribution in [-0.4, -0.2) is 47.6 Å². The van der Waals surface area contributed by atoms with Gasteiger partial charge < -0.3 is 14.2 Å². The van der Waals surface area contributed by atoms with Gasteiger partial charge in [-0.25, -0.2) is 13.1 Å². The van der Waals surface area contributed by atoms with E-state index in [1.165, 1.54) is 51.7 Å². The van der Waals surface area contributed by atoms with Crippen LogP contribution in [0.4, 0.5) is 0 Å². The molecular weight excluding hydrogens is 426 g/mol. The first kappa shape index (κ1) is 24.0. The van der Waals surface area contributed by atoms with Gasteiger partial charge >= 0.3 is 0 Å². The van der Waals surface area contributed by atoms with Gasteiger partial charge in [0.1, 0.15) is 10.6 Å². The minimum absolute atomic E-state index is 0.0116. The Morgan fingerprint density at radius 3 is 1.74 bits per heavy atom. The summed E-state index contributed by atoms with van der Waals surface area (Å²) in [6.45, 7) is 3.34. The van der Waals surface area contributed by atoms with Gasteiger partial charge in [-0.15, -0.1) is 0 Å². The van der Waals surface area contributed by atoms with E-state index in [2.05, 4.69) is 15.6 Å². The van der Waals surface area contributed by atoms with Crippen LogP contribution in [0.15, 0.2) is 41.3 Å². The first-order chi connectivity index (χ1) is 14.6. The fraction of sp³-hybridized carbons (Fsp3) is 0.300. The molecule has 0 heterocycles. The predicted molar refractivity (Wildman–Crippen MR) is 113 cm³/mol. The van der Waals surface area contributed by atoms with Crippen LogP contribution in [0.1, 0.15) is 34.6 Å². The summed E-state index contributed by atoms with van der Waals surface area (Å²) in [5, 5.41) is 0. The molecule has 0 aliphatic rings. The third-order valence-electron chi connectivity index (χ3n) is 4.04. The fourth-order valence-corrected chi connectivity index (χ4v) is 4.08. The maximum atomic E-state index is 12.5. The average molecular weight is 452 g/mol. The van der Waals surface area contributed by atoms with Crippen molar-refractivity contribution in [2.45, 2.75) is 24.8 Å². The number of rotatable bonds is 8. The number of benzene rings is 2. The Morgan fingerprint density at radius 1 is 0.774 bits per heavy atom. The third kappa shape index (κ3) is 5.86. The number of ether oxygens (including phenoxy) is 3. The van der Waals surface area contributed by atoms with Crippen LogP contribution in [0.25, 0.3) is 0 Å². The maximum Gasteiger partial charge on any atom is 0.269 e. The van der Waals surface area contributed by atoms with Crippen LogP contribution in [0, 0.1) is 0 Å². The van der Waals surface area contributed by atoms with Crippen molar-refractivity contribution >= 4 is 21.8 Å². The van der Waals surface area contributed by atoms with Gasteiger partial charge in [0.25, 0.3) is 11.8 Å². The van der Waals surface area contributed by atoms with E-state index in [-0.39, 0.29) is 27.8 Å². The van der Waals surface area contributed by atoms with E-state index in [0.29, 0.717) is 11.5 Å². The molecule has 11 heteroatoms. The molecule has 0 saturated carbocycles. The Hall–Kier alpha value is -3.31. The molecule has 0 radical (unpaired) electrons. The molecule has 168 valence electrons. The molecule has 2 aromatic carbocycles. The molecule has 2 aromatic rings. The monoisotopic (exact) mass is 451 g/mol. The van der Waals surface area contributed by atoms with Gasteiger partial charge in [-0.1, -0.05) is 0 Å². The number of hydrogen-bond donors (Lipinski definition) is 3. The lowest BCUT2D eigenvalue weighted by Gasteiger charge is -2.14. The standard InChI is InChI=1S/C20H25N3O7S/c1-12(2)23-31(26,27)18-11-14(7-9-16(18)29-4)20(25)22-21-19(24)13-6-8-15(28-3)17(10-13)30-5/h6-12,23H,1-5H3,(H,21,24)(H,22,25). The number of nitrogens with one attached hydrogen (secondary N) is 3. The normalized spacial score (nSPS) is 11.0. The summed E-state index contributed by atoms with van der Waals surface area (Å²) in [4.78, 5) is 24.6. The van der Waals surface area contributed by atoms with E-state index < -0.39 is 21.8 Å². The van der Waals surface area contributed by atoms with Crippen LogP contribution in [0.3, 0.4) is 0 Å². The van der Waals surface area contributed by atoms with Gasteiger partial charge in [0, 0.05) is 17.2 Å². The molecule has 0 aliphatic heterocycles. The molecule has 0 saturated heterocycles. The molecule has 2 amide bonds.